The molecule has 0 aliphatic heterocycles. The van der Waals surface area contributed by atoms with Crippen LogP contribution in [0.1, 0.15) is 28.9 Å². The number of hydrogen-bond acceptors (Lipinski definition) is 3. The third kappa shape index (κ3) is 4.40. The Hall–Kier alpha value is -1.62. The summed E-state index contributed by atoms with van der Waals surface area (Å²) in [5.41, 5.74) is 1.03. The number of carbonyl (C=O) groups excluding carboxylic acids is 1. The lowest BCUT2D eigenvalue weighted by atomic mass is 10.2. The minimum atomic E-state index is -0.880. The maximum Gasteiger partial charge on any atom is 0.303 e. The summed E-state index contributed by atoms with van der Waals surface area (Å²) in [5.74, 6) is -1.22. The van der Waals surface area contributed by atoms with Crippen LogP contribution in [0.5, 0.6) is 0 Å². The van der Waals surface area contributed by atoms with Gasteiger partial charge in [-0.05, 0) is 19.4 Å². The summed E-state index contributed by atoms with van der Waals surface area (Å²) < 4.78 is 0. The highest BCUT2D eigenvalue weighted by Crippen LogP contribution is 2.15. The van der Waals surface area contributed by atoms with E-state index in [9.17, 15) is 9.59 Å². The second kappa shape index (κ2) is 6.20. The predicted molar refractivity (Wildman–Crippen MR) is 63.2 cm³/mol. The molecule has 0 aromatic carbocycles. The summed E-state index contributed by atoms with van der Waals surface area (Å²) in [6.45, 7) is 2.08. The van der Waals surface area contributed by atoms with Crippen molar-refractivity contribution in [3.8, 4) is 0 Å². The van der Waals surface area contributed by atoms with Crippen molar-refractivity contribution >= 4 is 23.5 Å². The van der Waals surface area contributed by atoms with Gasteiger partial charge in [0.05, 0.1) is 10.6 Å². The summed E-state index contributed by atoms with van der Waals surface area (Å²) in [6, 6.07) is 1.60. The Morgan fingerprint density at radius 1 is 1.53 bits per heavy atom. The molecule has 1 aromatic heterocycles. The molecule has 5 nitrogen and oxygen atoms in total. The van der Waals surface area contributed by atoms with Crippen molar-refractivity contribution in [3.63, 3.8) is 0 Å². The minimum absolute atomic E-state index is 0.0279. The predicted octanol–water partition coefficient (Wildman–Crippen LogP) is 1.64. The van der Waals surface area contributed by atoms with Crippen LogP contribution < -0.4 is 5.32 Å². The molecule has 17 heavy (non-hydrogen) atoms. The first-order chi connectivity index (χ1) is 8.00. The summed E-state index contributed by atoms with van der Waals surface area (Å²) in [5, 5.41) is 11.4. The fraction of sp³-hybridized carbons (Fsp3) is 0.364. The smallest absolute Gasteiger partial charge is 0.303 e. The average molecular weight is 257 g/mol. The Bertz CT molecular complexity index is 435. The van der Waals surface area contributed by atoms with E-state index in [2.05, 4.69) is 10.3 Å². The van der Waals surface area contributed by atoms with E-state index in [1.165, 1.54) is 6.20 Å². The Morgan fingerprint density at radius 3 is 2.82 bits per heavy atom. The van der Waals surface area contributed by atoms with Crippen LogP contribution in [0.3, 0.4) is 0 Å². The SMILES string of the molecule is Cc1cc(Cl)c(C(=O)NCCCC(=O)O)cn1. The molecule has 0 unspecified atom stereocenters. The van der Waals surface area contributed by atoms with Gasteiger partial charge >= 0.3 is 5.97 Å². The molecule has 0 aliphatic rings. The maximum atomic E-state index is 11.6. The van der Waals surface area contributed by atoms with Crippen LogP contribution in [0.4, 0.5) is 0 Å². The highest BCUT2D eigenvalue weighted by atomic mass is 35.5. The van der Waals surface area contributed by atoms with E-state index >= 15 is 0 Å². The molecule has 0 bridgehead atoms. The van der Waals surface area contributed by atoms with Crippen LogP contribution in [0.15, 0.2) is 12.3 Å². The maximum absolute atomic E-state index is 11.6. The van der Waals surface area contributed by atoms with Gasteiger partial charge in [-0.25, -0.2) is 0 Å². The van der Waals surface area contributed by atoms with Gasteiger partial charge in [-0.15, -0.1) is 0 Å². The van der Waals surface area contributed by atoms with Gasteiger partial charge in [-0.2, -0.15) is 0 Å². The monoisotopic (exact) mass is 256 g/mol. The first-order valence-corrected chi connectivity index (χ1v) is 5.50. The number of aryl methyl sites for hydroxylation is 1. The minimum Gasteiger partial charge on any atom is -0.481 e. The number of aliphatic carboxylic acids is 1. The van der Waals surface area contributed by atoms with E-state index < -0.39 is 5.97 Å². The van der Waals surface area contributed by atoms with Gasteiger partial charge in [0.1, 0.15) is 0 Å². The first kappa shape index (κ1) is 13.4. The molecule has 0 atom stereocenters. The zero-order chi connectivity index (χ0) is 12.8. The molecule has 1 rings (SSSR count). The number of amides is 1. The lowest BCUT2D eigenvalue weighted by Gasteiger charge is -2.06. The van der Waals surface area contributed by atoms with Gasteiger partial charge in [0.25, 0.3) is 5.91 Å². The van der Waals surface area contributed by atoms with Crippen molar-refractivity contribution in [1.29, 1.82) is 0 Å². The van der Waals surface area contributed by atoms with Crippen LogP contribution in [-0.2, 0) is 4.79 Å². The molecular formula is C11H13ClN2O3. The standard InChI is InChI=1S/C11H13ClN2O3/c1-7-5-9(12)8(6-14-7)11(17)13-4-2-3-10(15)16/h5-6H,2-4H2,1H3,(H,13,17)(H,15,16). The van der Waals surface area contributed by atoms with Crippen molar-refractivity contribution in [1.82, 2.24) is 10.3 Å². The quantitative estimate of drug-likeness (QED) is 0.785. The van der Waals surface area contributed by atoms with E-state index in [4.69, 9.17) is 16.7 Å². The molecule has 6 heteroatoms. The number of aromatic nitrogens is 1. The van der Waals surface area contributed by atoms with E-state index in [-0.39, 0.29) is 12.3 Å². The largest absolute Gasteiger partial charge is 0.481 e. The van der Waals surface area contributed by atoms with Crippen LogP contribution in [0.25, 0.3) is 0 Å². The van der Waals surface area contributed by atoms with Gasteiger partial charge in [0, 0.05) is 24.9 Å². The summed E-state index contributed by atoms with van der Waals surface area (Å²) >= 11 is 5.89. The van der Waals surface area contributed by atoms with Gasteiger partial charge < -0.3 is 10.4 Å². The van der Waals surface area contributed by atoms with Crippen LogP contribution in [-0.4, -0.2) is 28.5 Å². The summed E-state index contributed by atoms with van der Waals surface area (Å²) in [7, 11) is 0. The van der Waals surface area contributed by atoms with E-state index in [1.807, 2.05) is 0 Å². The fourth-order valence-corrected chi connectivity index (χ4v) is 1.52. The molecule has 0 radical (unpaired) electrons. The number of hydrogen-bond donors (Lipinski definition) is 2. The molecule has 0 saturated heterocycles. The number of nitrogens with zero attached hydrogens (tertiary/aromatic N) is 1. The molecule has 2 N–H and O–H groups in total. The zero-order valence-corrected chi connectivity index (χ0v) is 10.1. The topological polar surface area (TPSA) is 79.3 Å². The molecule has 0 spiro atoms. The van der Waals surface area contributed by atoms with Crippen LogP contribution in [0, 0.1) is 6.92 Å². The average Bonchev–Trinajstić information content (AvgIpc) is 2.23. The second-order valence-electron chi connectivity index (χ2n) is 3.56. The lowest BCUT2D eigenvalue weighted by molar-refractivity contribution is -0.137. The molecule has 0 aliphatic carbocycles. The number of carboxylic acid groups (broad SMARTS) is 1. The Morgan fingerprint density at radius 2 is 2.24 bits per heavy atom. The highest BCUT2D eigenvalue weighted by Gasteiger charge is 2.10. The van der Waals surface area contributed by atoms with Crippen molar-refractivity contribution in [2.45, 2.75) is 19.8 Å². The summed E-state index contributed by atoms with van der Waals surface area (Å²) in [4.78, 5) is 25.9. The van der Waals surface area contributed by atoms with Gasteiger partial charge in [-0.3, -0.25) is 14.6 Å². The highest BCUT2D eigenvalue weighted by molar-refractivity contribution is 6.33. The van der Waals surface area contributed by atoms with Gasteiger partial charge in [0.2, 0.25) is 0 Å². The number of rotatable bonds is 5. The number of halogens is 1. The third-order valence-electron chi connectivity index (χ3n) is 2.09. The molecule has 92 valence electrons. The molecule has 0 saturated carbocycles. The molecule has 1 aromatic rings. The second-order valence-corrected chi connectivity index (χ2v) is 3.97. The van der Waals surface area contributed by atoms with Crippen molar-refractivity contribution < 1.29 is 14.7 Å². The van der Waals surface area contributed by atoms with E-state index in [1.54, 1.807) is 13.0 Å². The van der Waals surface area contributed by atoms with Crippen LogP contribution >= 0.6 is 11.6 Å². The molecule has 1 heterocycles. The molecule has 1 amide bonds. The third-order valence-corrected chi connectivity index (χ3v) is 2.40. The van der Waals surface area contributed by atoms with E-state index in [0.29, 0.717) is 23.6 Å². The Labute approximate surface area is 104 Å². The zero-order valence-electron chi connectivity index (χ0n) is 9.36. The van der Waals surface area contributed by atoms with Crippen molar-refractivity contribution in [2.24, 2.45) is 0 Å². The number of pyridine rings is 1. The lowest BCUT2D eigenvalue weighted by Crippen LogP contribution is -2.25. The molecule has 0 fully saturated rings. The van der Waals surface area contributed by atoms with E-state index in [0.717, 1.165) is 5.69 Å². The normalized spacial score (nSPS) is 10.0. The van der Waals surface area contributed by atoms with Gasteiger partial charge in [0.15, 0.2) is 0 Å². The number of carboxylic acids is 1. The summed E-state index contributed by atoms with van der Waals surface area (Å²) in [6.07, 6.45) is 1.82. The molecular weight excluding hydrogens is 244 g/mol. The van der Waals surface area contributed by atoms with Crippen molar-refractivity contribution in [3.05, 3.63) is 28.5 Å². The number of carbonyl (C=O) groups is 2. The van der Waals surface area contributed by atoms with Crippen molar-refractivity contribution in [2.75, 3.05) is 6.54 Å². The van der Waals surface area contributed by atoms with Crippen LogP contribution in [0.2, 0.25) is 5.02 Å². The Kier molecular flexibility index (Phi) is 4.90. The fourth-order valence-electron chi connectivity index (χ4n) is 1.23. The first-order valence-electron chi connectivity index (χ1n) is 5.13. The van der Waals surface area contributed by atoms with Gasteiger partial charge in [-0.1, -0.05) is 11.6 Å². The number of nitrogens with one attached hydrogen (secondary N) is 1. The Balaban J connectivity index is 2.50.